The standard InChI is InChI=1S/C13H18O3S/c1-10(12-6-2-3-7-13(12)14)11-5-4-8-17(15,16)9-11/h2-3,6-7,10-11,14H,4-5,8-9H2,1H3. The predicted molar refractivity (Wildman–Crippen MR) is 67.9 cm³/mol. The summed E-state index contributed by atoms with van der Waals surface area (Å²) in [5.74, 6) is 1.05. The van der Waals surface area contributed by atoms with Gasteiger partial charge in [0.2, 0.25) is 0 Å². The first kappa shape index (κ1) is 12.4. The lowest BCUT2D eigenvalue weighted by atomic mass is 9.85. The maximum absolute atomic E-state index is 11.6. The number of para-hydroxylation sites is 1. The average Bonchev–Trinajstić information content (AvgIpc) is 2.27. The lowest BCUT2D eigenvalue weighted by Gasteiger charge is -2.28. The Morgan fingerprint density at radius 2 is 2.06 bits per heavy atom. The molecule has 4 heteroatoms. The van der Waals surface area contributed by atoms with Crippen LogP contribution >= 0.6 is 0 Å². The van der Waals surface area contributed by atoms with Crippen molar-refractivity contribution in [3.63, 3.8) is 0 Å². The summed E-state index contributed by atoms with van der Waals surface area (Å²) in [6, 6.07) is 7.19. The number of benzene rings is 1. The SMILES string of the molecule is CC(c1ccccc1O)C1CCCS(=O)(=O)C1. The minimum Gasteiger partial charge on any atom is -0.508 e. The minimum absolute atomic E-state index is 0.0891. The Morgan fingerprint density at radius 3 is 2.71 bits per heavy atom. The summed E-state index contributed by atoms with van der Waals surface area (Å²) in [4.78, 5) is 0. The van der Waals surface area contributed by atoms with E-state index in [1.165, 1.54) is 0 Å². The fourth-order valence-electron chi connectivity index (χ4n) is 2.58. The summed E-state index contributed by atoms with van der Waals surface area (Å²) in [5.41, 5.74) is 0.856. The molecular weight excluding hydrogens is 236 g/mol. The van der Waals surface area contributed by atoms with Gasteiger partial charge in [0, 0.05) is 0 Å². The molecule has 1 aromatic carbocycles. The molecule has 0 bridgehead atoms. The van der Waals surface area contributed by atoms with Gasteiger partial charge in [0.05, 0.1) is 11.5 Å². The Kier molecular flexibility index (Phi) is 3.43. The van der Waals surface area contributed by atoms with Crippen LogP contribution < -0.4 is 0 Å². The molecule has 0 saturated carbocycles. The largest absolute Gasteiger partial charge is 0.508 e. The zero-order valence-corrected chi connectivity index (χ0v) is 10.8. The number of rotatable bonds is 2. The molecule has 0 radical (unpaired) electrons. The number of phenols is 1. The Bertz CT molecular complexity index is 493. The van der Waals surface area contributed by atoms with Crippen molar-refractivity contribution in [2.75, 3.05) is 11.5 Å². The second-order valence-electron chi connectivity index (χ2n) is 4.86. The third-order valence-electron chi connectivity index (χ3n) is 3.63. The predicted octanol–water partition coefficient (Wildman–Crippen LogP) is 2.32. The fraction of sp³-hybridized carbons (Fsp3) is 0.538. The van der Waals surface area contributed by atoms with Crippen molar-refractivity contribution in [3.05, 3.63) is 29.8 Å². The van der Waals surface area contributed by atoms with Gasteiger partial charge in [-0.15, -0.1) is 0 Å². The van der Waals surface area contributed by atoms with Crippen LogP contribution in [0.3, 0.4) is 0 Å². The van der Waals surface area contributed by atoms with Crippen LogP contribution in [-0.4, -0.2) is 25.0 Å². The zero-order valence-electron chi connectivity index (χ0n) is 9.96. The second-order valence-corrected chi connectivity index (χ2v) is 7.09. The molecule has 0 aliphatic carbocycles. The van der Waals surface area contributed by atoms with Crippen LogP contribution in [0.2, 0.25) is 0 Å². The summed E-state index contributed by atoms with van der Waals surface area (Å²) in [5, 5.41) is 9.79. The van der Waals surface area contributed by atoms with Gasteiger partial charge in [-0.2, -0.15) is 0 Å². The van der Waals surface area contributed by atoms with E-state index < -0.39 is 9.84 Å². The van der Waals surface area contributed by atoms with Crippen LogP contribution in [0.15, 0.2) is 24.3 Å². The second kappa shape index (κ2) is 4.69. The lowest BCUT2D eigenvalue weighted by Crippen LogP contribution is -2.28. The van der Waals surface area contributed by atoms with Gasteiger partial charge < -0.3 is 5.11 Å². The quantitative estimate of drug-likeness (QED) is 0.881. The molecule has 1 aliphatic heterocycles. The van der Waals surface area contributed by atoms with E-state index in [4.69, 9.17) is 0 Å². The van der Waals surface area contributed by atoms with E-state index in [9.17, 15) is 13.5 Å². The summed E-state index contributed by atoms with van der Waals surface area (Å²) in [6.07, 6.45) is 1.67. The fourth-order valence-corrected chi connectivity index (χ4v) is 4.46. The first-order valence-electron chi connectivity index (χ1n) is 5.98. The van der Waals surface area contributed by atoms with Crippen molar-refractivity contribution in [2.45, 2.75) is 25.7 Å². The third kappa shape index (κ3) is 2.80. The number of sulfone groups is 1. The topological polar surface area (TPSA) is 54.4 Å². The van der Waals surface area contributed by atoms with Crippen LogP contribution in [-0.2, 0) is 9.84 Å². The number of hydrogen-bond donors (Lipinski definition) is 1. The number of phenolic OH excluding ortho intramolecular Hbond substituents is 1. The lowest BCUT2D eigenvalue weighted by molar-refractivity contribution is 0.405. The summed E-state index contributed by atoms with van der Waals surface area (Å²) in [6.45, 7) is 2.00. The van der Waals surface area contributed by atoms with Crippen LogP contribution in [0, 0.1) is 5.92 Å². The highest BCUT2D eigenvalue weighted by atomic mass is 32.2. The normalized spacial score (nSPS) is 25.4. The van der Waals surface area contributed by atoms with Crippen molar-refractivity contribution in [2.24, 2.45) is 5.92 Å². The maximum Gasteiger partial charge on any atom is 0.150 e. The van der Waals surface area contributed by atoms with Gasteiger partial charge in [-0.25, -0.2) is 8.42 Å². The molecule has 2 unspecified atom stereocenters. The first-order valence-corrected chi connectivity index (χ1v) is 7.80. The van der Waals surface area contributed by atoms with Crippen molar-refractivity contribution in [1.29, 1.82) is 0 Å². The van der Waals surface area contributed by atoms with Crippen LogP contribution in [0.25, 0.3) is 0 Å². The zero-order chi connectivity index (χ0) is 12.5. The highest BCUT2D eigenvalue weighted by Crippen LogP contribution is 2.35. The van der Waals surface area contributed by atoms with Crippen LogP contribution in [0.4, 0.5) is 0 Å². The van der Waals surface area contributed by atoms with E-state index in [0.717, 1.165) is 18.4 Å². The highest BCUT2D eigenvalue weighted by Gasteiger charge is 2.30. The molecule has 1 heterocycles. The number of hydrogen-bond acceptors (Lipinski definition) is 3. The molecule has 3 nitrogen and oxygen atoms in total. The van der Waals surface area contributed by atoms with Crippen molar-refractivity contribution < 1.29 is 13.5 Å². The molecule has 2 atom stereocenters. The van der Waals surface area contributed by atoms with Gasteiger partial charge in [-0.05, 0) is 36.3 Å². The monoisotopic (exact) mass is 254 g/mol. The third-order valence-corrected chi connectivity index (χ3v) is 5.48. The van der Waals surface area contributed by atoms with Gasteiger partial charge >= 0.3 is 0 Å². The van der Waals surface area contributed by atoms with E-state index in [-0.39, 0.29) is 23.3 Å². The van der Waals surface area contributed by atoms with Gasteiger partial charge in [-0.1, -0.05) is 25.1 Å². The summed E-state index contributed by atoms with van der Waals surface area (Å²) in [7, 11) is -2.88. The summed E-state index contributed by atoms with van der Waals surface area (Å²) < 4.78 is 23.2. The van der Waals surface area contributed by atoms with E-state index >= 15 is 0 Å². The van der Waals surface area contributed by atoms with Crippen LogP contribution in [0.5, 0.6) is 5.75 Å². The molecule has 1 N–H and O–H groups in total. The van der Waals surface area contributed by atoms with Crippen molar-refractivity contribution in [3.8, 4) is 5.75 Å². The molecule has 1 fully saturated rings. The van der Waals surface area contributed by atoms with E-state index in [0.29, 0.717) is 5.75 Å². The smallest absolute Gasteiger partial charge is 0.150 e. The molecule has 1 aliphatic rings. The van der Waals surface area contributed by atoms with Gasteiger partial charge in [0.25, 0.3) is 0 Å². The van der Waals surface area contributed by atoms with E-state index in [1.54, 1.807) is 12.1 Å². The molecule has 0 amide bonds. The molecule has 1 aromatic rings. The highest BCUT2D eigenvalue weighted by molar-refractivity contribution is 7.91. The Labute approximate surface area is 102 Å². The number of aromatic hydroxyl groups is 1. The molecule has 2 rings (SSSR count). The van der Waals surface area contributed by atoms with Crippen LogP contribution in [0.1, 0.15) is 31.2 Å². The molecule has 17 heavy (non-hydrogen) atoms. The van der Waals surface area contributed by atoms with Gasteiger partial charge in [-0.3, -0.25) is 0 Å². The maximum atomic E-state index is 11.6. The Balaban J connectivity index is 2.21. The van der Waals surface area contributed by atoms with E-state index in [1.807, 2.05) is 19.1 Å². The minimum atomic E-state index is -2.88. The van der Waals surface area contributed by atoms with E-state index in [2.05, 4.69) is 0 Å². The van der Waals surface area contributed by atoms with Crippen molar-refractivity contribution >= 4 is 9.84 Å². The Hall–Kier alpha value is -1.03. The van der Waals surface area contributed by atoms with Gasteiger partial charge in [0.1, 0.15) is 5.75 Å². The Morgan fingerprint density at radius 1 is 1.35 bits per heavy atom. The van der Waals surface area contributed by atoms with Crippen molar-refractivity contribution in [1.82, 2.24) is 0 Å². The first-order chi connectivity index (χ1) is 7.99. The molecule has 1 saturated heterocycles. The molecule has 0 spiro atoms. The molecule has 94 valence electrons. The van der Waals surface area contributed by atoms with Gasteiger partial charge in [0.15, 0.2) is 9.84 Å². The molecule has 0 aromatic heterocycles. The average molecular weight is 254 g/mol. The summed E-state index contributed by atoms with van der Waals surface area (Å²) >= 11 is 0. The molecular formula is C13H18O3S.